The zero-order chi connectivity index (χ0) is 11.0. The third-order valence-corrected chi connectivity index (χ3v) is 4.49. The smallest absolute Gasteiger partial charge is 0.0534 e. The van der Waals surface area contributed by atoms with Crippen molar-refractivity contribution in [2.24, 2.45) is 0 Å². The van der Waals surface area contributed by atoms with Crippen LogP contribution in [0.3, 0.4) is 0 Å². The van der Waals surface area contributed by atoms with Crippen molar-refractivity contribution in [1.82, 2.24) is 0 Å². The number of benzene rings is 1. The molecular weight excluding hydrogens is 232 g/mol. The third-order valence-electron chi connectivity index (χ3n) is 2.84. The van der Waals surface area contributed by atoms with Crippen LogP contribution in [0.2, 0.25) is 0 Å². The fourth-order valence-electron chi connectivity index (χ4n) is 2.11. The molecule has 1 unspecified atom stereocenters. The average Bonchev–Trinajstić information content (AvgIpc) is 2.38. The van der Waals surface area contributed by atoms with Gasteiger partial charge in [0.2, 0.25) is 0 Å². The molecule has 0 fully saturated rings. The van der Waals surface area contributed by atoms with Crippen molar-refractivity contribution in [2.45, 2.75) is 5.25 Å². The maximum atomic E-state index is 5.11. The number of allylic oxidation sites excluding steroid dienone is 3. The molecule has 0 N–H and O–H groups in total. The summed E-state index contributed by atoms with van der Waals surface area (Å²) in [5, 5.41) is 4.82. The summed E-state index contributed by atoms with van der Waals surface area (Å²) >= 11 is 6.95. The molecule has 0 spiro atoms. The lowest BCUT2D eigenvalue weighted by Crippen LogP contribution is -2.34. The Kier molecular flexibility index (Phi) is 2.54. The highest BCUT2D eigenvalue weighted by molar-refractivity contribution is 8.11. The van der Waals surface area contributed by atoms with E-state index in [2.05, 4.69) is 48.6 Å². The third kappa shape index (κ3) is 1.49. The van der Waals surface area contributed by atoms with Crippen molar-refractivity contribution in [1.29, 1.82) is 0 Å². The van der Waals surface area contributed by atoms with Crippen LogP contribution in [0.4, 0.5) is 0 Å². The first kappa shape index (κ1) is 10.1. The Balaban J connectivity index is 2.45. The van der Waals surface area contributed by atoms with Crippen LogP contribution < -0.4 is 10.4 Å². The second-order valence-electron chi connectivity index (χ2n) is 3.77. The highest BCUT2D eigenvalue weighted by Gasteiger charge is 2.18. The summed E-state index contributed by atoms with van der Waals surface area (Å²) < 4.78 is 0. The van der Waals surface area contributed by atoms with E-state index in [4.69, 9.17) is 12.2 Å². The first-order valence-electron chi connectivity index (χ1n) is 5.20. The van der Waals surface area contributed by atoms with Gasteiger partial charge >= 0.3 is 0 Å². The Bertz CT molecular complexity index is 620. The summed E-state index contributed by atoms with van der Waals surface area (Å²) in [4.78, 5) is 1.21. The van der Waals surface area contributed by atoms with Gasteiger partial charge in [0.15, 0.2) is 0 Å². The van der Waals surface area contributed by atoms with Gasteiger partial charge in [0, 0.05) is 10.3 Å². The fraction of sp³-hybridized carbons (Fsp3) is 0.0714. The Hall–Kier alpha value is -1.12. The number of fused-ring (bicyclic) bond motifs is 2. The van der Waals surface area contributed by atoms with E-state index in [9.17, 15) is 0 Å². The van der Waals surface area contributed by atoms with Gasteiger partial charge in [-0.05, 0) is 16.0 Å². The molecule has 1 aromatic rings. The Labute approximate surface area is 104 Å². The number of thiocarbonyl (C=S) groups is 1. The van der Waals surface area contributed by atoms with Crippen molar-refractivity contribution >= 4 is 39.8 Å². The minimum atomic E-state index is 0.425. The minimum Gasteiger partial charge on any atom is -0.112 e. The molecule has 3 rings (SSSR count). The predicted octanol–water partition coefficient (Wildman–Crippen LogP) is 2.19. The predicted molar refractivity (Wildman–Crippen MR) is 75.8 cm³/mol. The largest absolute Gasteiger partial charge is 0.112 e. The maximum Gasteiger partial charge on any atom is 0.0534 e. The maximum absolute atomic E-state index is 5.11. The molecule has 1 aliphatic carbocycles. The molecule has 78 valence electrons. The molecule has 0 saturated carbocycles. The summed E-state index contributed by atoms with van der Waals surface area (Å²) in [6.07, 6.45) is 8.65. The zero-order valence-corrected chi connectivity index (χ0v) is 10.2. The molecule has 0 nitrogen and oxygen atoms in total. The van der Waals surface area contributed by atoms with Crippen LogP contribution in [-0.4, -0.2) is 10.6 Å². The van der Waals surface area contributed by atoms with Crippen LogP contribution in [0.5, 0.6) is 0 Å². The summed E-state index contributed by atoms with van der Waals surface area (Å²) in [5.41, 5.74) is 1.39. The SMILES string of the molecule is S=CC1=c2ccccc2=C2C=CC=CC2S1. The van der Waals surface area contributed by atoms with Crippen molar-refractivity contribution < 1.29 is 0 Å². The first-order valence-corrected chi connectivity index (χ1v) is 6.55. The van der Waals surface area contributed by atoms with Crippen LogP contribution in [0, 0.1) is 0 Å². The van der Waals surface area contributed by atoms with Crippen molar-refractivity contribution in [3.05, 3.63) is 59.0 Å². The molecule has 1 aromatic carbocycles. The van der Waals surface area contributed by atoms with Gasteiger partial charge in [0.25, 0.3) is 0 Å². The molecule has 0 radical (unpaired) electrons. The second kappa shape index (κ2) is 4.04. The van der Waals surface area contributed by atoms with Gasteiger partial charge < -0.3 is 0 Å². The lowest BCUT2D eigenvalue weighted by molar-refractivity contribution is 1.35. The van der Waals surface area contributed by atoms with Crippen molar-refractivity contribution in [3.8, 4) is 0 Å². The van der Waals surface area contributed by atoms with Crippen LogP contribution in [-0.2, 0) is 0 Å². The molecule has 1 heterocycles. The number of hydrogen-bond acceptors (Lipinski definition) is 2. The Morgan fingerprint density at radius 1 is 1.12 bits per heavy atom. The van der Waals surface area contributed by atoms with Gasteiger partial charge in [-0.1, -0.05) is 60.8 Å². The molecule has 0 bridgehead atoms. The monoisotopic (exact) mass is 242 g/mol. The Morgan fingerprint density at radius 2 is 1.94 bits per heavy atom. The summed E-state index contributed by atoms with van der Waals surface area (Å²) in [5.74, 6) is 0. The first-order chi connectivity index (χ1) is 7.90. The number of hydrogen-bond donors (Lipinski definition) is 0. The van der Waals surface area contributed by atoms with Gasteiger partial charge in [-0.3, -0.25) is 0 Å². The van der Waals surface area contributed by atoms with Gasteiger partial charge in [-0.25, -0.2) is 0 Å². The minimum absolute atomic E-state index is 0.425. The molecule has 1 atom stereocenters. The lowest BCUT2D eigenvalue weighted by atomic mass is 10.0. The van der Waals surface area contributed by atoms with E-state index in [0.717, 1.165) is 0 Å². The average molecular weight is 242 g/mol. The second-order valence-corrected chi connectivity index (χ2v) is 5.18. The standard InChI is InChI=1S/C14H10S2/c15-9-14-12-7-2-1-5-10(12)11-6-3-4-8-13(11)16-14/h1-9,13H. The van der Waals surface area contributed by atoms with Gasteiger partial charge in [0.05, 0.1) is 5.25 Å². The summed E-state index contributed by atoms with van der Waals surface area (Å²) in [7, 11) is 0. The van der Waals surface area contributed by atoms with Crippen LogP contribution in [0.25, 0.3) is 10.5 Å². The molecule has 1 aliphatic heterocycles. The molecule has 0 aromatic heterocycles. The molecule has 16 heavy (non-hydrogen) atoms. The van der Waals surface area contributed by atoms with E-state index in [1.54, 1.807) is 5.37 Å². The molecule has 2 heteroatoms. The van der Waals surface area contributed by atoms with E-state index in [0.29, 0.717) is 5.25 Å². The highest BCUT2D eigenvalue weighted by Crippen LogP contribution is 2.31. The van der Waals surface area contributed by atoms with E-state index in [1.807, 2.05) is 11.8 Å². The molecular formula is C14H10S2. The van der Waals surface area contributed by atoms with Crippen LogP contribution in [0.1, 0.15) is 0 Å². The molecule has 2 aliphatic rings. The summed E-state index contributed by atoms with van der Waals surface area (Å²) in [6, 6.07) is 8.49. The van der Waals surface area contributed by atoms with E-state index < -0.39 is 0 Å². The van der Waals surface area contributed by atoms with Gasteiger partial charge in [-0.15, -0.1) is 11.8 Å². The fourth-order valence-corrected chi connectivity index (χ4v) is 3.54. The Morgan fingerprint density at radius 3 is 2.75 bits per heavy atom. The number of thioether (sulfide) groups is 1. The topological polar surface area (TPSA) is 0 Å². The van der Waals surface area contributed by atoms with E-state index >= 15 is 0 Å². The van der Waals surface area contributed by atoms with Gasteiger partial charge in [-0.2, -0.15) is 0 Å². The van der Waals surface area contributed by atoms with Gasteiger partial charge in [0.1, 0.15) is 0 Å². The van der Waals surface area contributed by atoms with Crippen molar-refractivity contribution in [2.75, 3.05) is 0 Å². The zero-order valence-electron chi connectivity index (χ0n) is 8.59. The van der Waals surface area contributed by atoms with Crippen LogP contribution in [0.15, 0.2) is 48.6 Å². The van der Waals surface area contributed by atoms with Crippen molar-refractivity contribution in [3.63, 3.8) is 0 Å². The normalized spacial score (nSPS) is 21.6. The quantitative estimate of drug-likeness (QED) is 0.692. The van der Waals surface area contributed by atoms with E-state index in [-0.39, 0.29) is 0 Å². The van der Waals surface area contributed by atoms with E-state index in [1.165, 1.54) is 20.9 Å². The number of rotatable bonds is 1. The summed E-state index contributed by atoms with van der Waals surface area (Å²) in [6.45, 7) is 0. The molecule has 0 amide bonds. The lowest BCUT2D eigenvalue weighted by Gasteiger charge is -2.21. The highest BCUT2D eigenvalue weighted by atomic mass is 32.2. The van der Waals surface area contributed by atoms with Crippen LogP contribution >= 0.6 is 24.0 Å². The molecule has 0 saturated heterocycles.